The lowest BCUT2D eigenvalue weighted by Crippen LogP contribution is -2.65. The number of carbonyl (C=O) groups is 2. The van der Waals surface area contributed by atoms with E-state index in [4.69, 9.17) is 23.5 Å². The maximum absolute atomic E-state index is 14.5. The number of methoxy groups -OCH3 is 3. The van der Waals surface area contributed by atoms with E-state index in [0.717, 1.165) is 35.2 Å². The molecule has 0 radical (unpaired) electrons. The van der Waals surface area contributed by atoms with Crippen LogP contribution >= 0.6 is 0 Å². The predicted octanol–water partition coefficient (Wildman–Crippen LogP) is 7.34. The molecule has 4 fully saturated rings. The molecule has 3 saturated carbocycles. The number of amides is 2. The summed E-state index contributed by atoms with van der Waals surface area (Å²) in [4.78, 5) is 28.8. The fourth-order valence-corrected chi connectivity index (χ4v) is 9.20. The SMILES string of the molecule is COc1cc(C[C@@H](Nc2cccc(-c3ccccc3)c2)C(=O)N[C@H](C(=O)N[C@@H](CC(C)C)B2O[C@@H]3C[C@@H]4C[C@@H](C4(C)C)[C@]3(C)O2)C(C)C)cc(OC)c1OC. The van der Waals surface area contributed by atoms with E-state index in [1.165, 1.54) is 0 Å². The Morgan fingerprint density at radius 1 is 0.836 bits per heavy atom. The van der Waals surface area contributed by atoms with Gasteiger partial charge in [-0.2, -0.15) is 0 Å². The first-order chi connectivity index (χ1) is 26.2. The molecule has 296 valence electrons. The van der Waals surface area contributed by atoms with Crippen LogP contribution < -0.4 is 30.2 Å². The van der Waals surface area contributed by atoms with Crippen molar-refractivity contribution in [1.29, 1.82) is 0 Å². The first-order valence-corrected chi connectivity index (χ1v) is 19.8. The fraction of sp³-hybridized carbons (Fsp3) is 0.545. The van der Waals surface area contributed by atoms with Crippen LogP contribution in [-0.4, -0.2) is 70.0 Å². The van der Waals surface area contributed by atoms with Gasteiger partial charge in [-0.25, -0.2) is 0 Å². The van der Waals surface area contributed by atoms with Crippen molar-refractivity contribution >= 4 is 24.6 Å². The van der Waals surface area contributed by atoms with E-state index >= 15 is 0 Å². The third kappa shape index (κ3) is 8.34. The molecule has 11 heteroatoms. The van der Waals surface area contributed by atoms with Gasteiger partial charge in [-0.1, -0.05) is 84.0 Å². The number of hydrogen-bond donors (Lipinski definition) is 3. The van der Waals surface area contributed by atoms with Gasteiger partial charge in [-0.05, 0) is 96.2 Å². The molecule has 3 N–H and O–H groups in total. The molecule has 55 heavy (non-hydrogen) atoms. The lowest BCUT2D eigenvalue weighted by molar-refractivity contribution is -0.199. The number of rotatable bonds is 16. The Balaban J connectivity index is 1.24. The van der Waals surface area contributed by atoms with Gasteiger partial charge in [0, 0.05) is 12.1 Å². The number of carbonyl (C=O) groups excluding carboxylic acids is 2. The van der Waals surface area contributed by atoms with Crippen molar-refractivity contribution in [1.82, 2.24) is 10.6 Å². The maximum atomic E-state index is 14.5. The highest BCUT2D eigenvalue weighted by Gasteiger charge is 2.68. The molecule has 0 unspecified atom stereocenters. The minimum Gasteiger partial charge on any atom is -0.493 e. The van der Waals surface area contributed by atoms with Gasteiger partial charge < -0.3 is 39.5 Å². The Bertz CT molecular complexity index is 1790. The zero-order valence-electron chi connectivity index (χ0n) is 34.2. The van der Waals surface area contributed by atoms with Crippen LogP contribution in [0.1, 0.15) is 73.3 Å². The maximum Gasteiger partial charge on any atom is 0.481 e. The zero-order chi connectivity index (χ0) is 39.7. The highest BCUT2D eigenvalue weighted by Crippen LogP contribution is 2.65. The molecular weight excluding hydrogens is 693 g/mol. The van der Waals surface area contributed by atoms with Crippen molar-refractivity contribution in [2.45, 2.75) is 104 Å². The van der Waals surface area contributed by atoms with Gasteiger partial charge in [0.1, 0.15) is 12.1 Å². The molecule has 0 aromatic heterocycles. The minimum atomic E-state index is -0.812. The van der Waals surface area contributed by atoms with Gasteiger partial charge in [0.2, 0.25) is 17.6 Å². The number of nitrogens with one attached hydrogen (secondary N) is 3. The quantitative estimate of drug-likeness (QED) is 0.130. The lowest BCUT2D eigenvalue weighted by atomic mass is 9.43. The van der Waals surface area contributed by atoms with E-state index < -0.39 is 24.8 Å². The van der Waals surface area contributed by atoms with Crippen molar-refractivity contribution in [2.24, 2.45) is 29.1 Å². The summed E-state index contributed by atoms with van der Waals surface area (Å²) in [6.07, 6.45) is 3.07. The third-order valence-corrected chi connectivity index (χ3v) is 12.4. The molecule has 7 atom stereocenters. The van der Waals surface area contributed by atoms with Crippen molar-refractivity contribution in [3.8, 4) is 28.4 Å². The average molecular weight is 754 g/mol. The molecule has 0 spiro atoms. The first kappa shape index (κ1) is 40.4. The van der Waals surface area contributed by atoms with Gasteiger partial charge >= 0.3 is 7.12 Å². The Morgan fingerprint density at radius 3 is 2.11 bits per heavy atom. The van der Waals surface area contributed by atoms with Gasteiger partial charge in [0.15, 0.2) is 11.5 Å². The van der Waals surface area contributed by atoms with Crippen LogP contribution in [0.25, 0.3) is 11.1 Å². The topological polar surface area (TPSA) is 116 Å². The molecule has 2 bridgehead atoms. The predicted molar refractivity (Wildman–Crippen MR) is 217 cm³/mol. The monoisotopic (exact) mass is 753 g/mol. The zero-order valence-corrected chi connectivity index (χ0v) is 34.2. The summed E-state index contributed by atoms with van der Waals surface area (Å²) in [5.41, 5.74) is 3.45. The van der Waals surface area contributed by atoms with E-state index in [2.05, 4.69) is 62.7 Å². The number of ether oxygens (including phenoxy) is 3. The average Bonchev–Trinajstić information content (AvgIpc) is 3.53. The molecule has 4 aliphatic rings. The van der Waals surface area contributed by atoms with Crippen LogP contribution in [0, 0.1) is 29.1 Å². The summed E-state index contributed by atoms with van der Waals surface area (Å²) in [7, 11) is 4.13. The highest BCUT2D eigenvalue weighted by atomic mass is 16.7. The third-order valence-electron chi connectivity index (χ3n) is 12.4. The Morgan fingerprint density at radius 2 is 1.51 bits per heavy atom. The molecule has 1 heterocycles. The molecular formula is C44H60BN3O7. The summed E-state index contributed by atoms with van der Waals surface area (Å²) < 4.78 is 30.3. The second-order valence-corrected chi connectivity index (χ2v) is 17.2. The van der Waals surface area contributed by atoms with Gasteiger partial charge in [0.05, 0.1) is 39.0 Å². The van der Waals surface area contributed by atoms with E-state index in [9.17, 15) is 9.59 Å². The molecule has 10 nitrogen and oxygen atoms in total. The standard InChI is InChI=1S/C44H60BN3O7/c1-26(2)19-38(45-54-37-25-31-24-36(43(31,5)6)44(37,7)55-45)47-42(50)39(27(3)4)48-41(49)33(20-28-21-34(51-8)40(53-10)35(22-28)52-9)46-32-18-14-17-30(23-32)29-15-12-11-13-16-29/h11-18,21-23,26-27,31,33,36-39,46H,19-20,24-25H2,1-10H3,(H,47,50)(H,48,49)/t31-,33+,36-,37+,38-,39-,44-/m0/s1. The Hall–Kier alpha value is -4.22. The number of benzene rings is 3. The summed E-state index contributed by atoms with van der Waals surface area (Å²) >= 11 is 0. The Kier molecular flexibility index (Phi) is 12.1. The van der Waals surface area contributed by atoms with Crippen LogP contribution in [0.3, 0.4) is 0 Å². The van der Waals surface area contributed by atoms with E-state index in [-0.39, 0.29) is 47.5 Å². The molecule has 1 saturated heterocycles. The summed E-state index contributed by atoms with van der Waals surface area (Å²) in [6.45, 7) is 15.0. The summed E-state index contributed by atoms with van der Waals surface area (Å²) in [5, 5.41) is 9.91. The first-order valence-electron chi connectivity index (χ1n) is 19.8. The molecule has 1 aliphatic heterocycles. The molecule has 3 aliphatic carbocycles. The van der Waals surface area contributed by atoms with E-state index in [1.807, 2.05) is 68.4 Å². The van der Waals surface area contributed by atoms with Crippen molar-refractivity contribution < 1.29 is 33.1 Å². The van der Waals surface area contributed by atoms with Crippen LogP contribution in [0.5, 0.6) is 17.2 Å². The molecule has 7 rings (SSSR count). The number of anilines is 1. The van der Waals surface area contributed by atoms with Crippen molar-refractivity contribution in [3.05, 3.63) is 72.3 Å². The molecule has 3 aromatic carbocycles. The largest absolute Gasteiger partial charge is 0.493 e. The van der Waals surface area contributed by atoms with Crippen LogP contribution in [0.2, 0.25) is 0 Å². The highest BCUT2D eigenvalue weighted by molar-refractivity contribution is 6.48. The van der Waals surface area contributed by atoms with Gasteiger partial charge in [-0.15, -0.1) is 0 Å². The lowest BCUT2D eigenvalue weighted by Gasteiger charge is -2.64. The van der Waals surface area contributed by atoms with Crippen molar-refractivity contribution in [2.75, 3.05) is 26.6 Å². The second-order valence-electron chi connectivity index (χ2n) is 17.2. The molecule has 2 amide bonds. The fourth-order valence-electron chi connectivity index (χ4n) is 9.20. The normalized spacial score (nSPS) is 23.9. The van der Waals surface area contributed by atoms with Crippen LogP contribution in [0.15, 0.2) is 66.7 Å². The smallest absolute Gasteiger partial charge is 0.481 e. The summed E-state index contributed by atoms with van der Waals surface area (Å²) in [5.74, 6) is 1.61. The minimum absolute atomic E-state index is 0.00358. The van der Waals surface area contributed by atoms with E-state index in [1.54, 1.807) is 21.3 Å². The van der Waals surface area contributed by atoms with Crippen LogP contribution in [-0.2, 0) is 25.3 Å². The van der Waals surface area contributed by atoms with Crippen LogP contribution in [0.4, 0.5) is 5.69 Å². The van der Waals surface area contributed by atoms with E-state index in [0.29, 0.717) is 35.5 Å². The summed E-state index contributed by atoms with van der Waals surface area (Å²) in [6, 6.07) is 20.2. The Labute approximate surface area is 327 Å². The molecule has 3 aromatic rings. The van der Waals surface area contributed by atoms with Crippen molar-refractivity contribution in [3.63, 3.8) is 0 Å². The van der Waals surface area contributed by atoms with Gasteiger partial charge in [0.25, 0.3) is 0 Å². The second kappa shape index (κ2) is 16.5. The number of hydrogen-bond acceptors (Lipinski definition) is 8. The van der Waals surface area contributed by atoms with Gasteiger partial charge in [-0.3, -0.25) is 9.59 Å².